The lowest BCUT2D eigenvalue weighted by atomic mass is 9.93. The molecule has 0 radical (unpaired) electrons. The largest absolute Gasteiger partial charge is 0.300 e. The first-order valence-electron chi connectivity index (χ1n) is 5.03. The van der Waals surface area contributed by atoms with Gasteiger partial charge < -0.3 is 4.90 Å². The summed E-state index contributed by atoms with van der Waals surface area (Å²) in [4.78, 5) is 13.6. The molecule has 2 heteroatoms. The Labute approximate surface area is 74.9 Å². The minimum absolute atomic E-state index is 0.457. The van der Waals surface area contributed by atoms with E-state index in [0.29, 0.717) is 11.8 Å². The Morgan fingerprint density at radius 2 is 2.08 bits per heavy atom. The highest BCUT2D eigenvalue weighted by Gasteiger charge is 2.22. The second kappa shape index (κ2) is 4.61. The van der Waals surface area contributed by atoms with E-state index >= 15 is 0 Å². The maximum atomic E-state index is 11.2. The topological polar surface area (TPSA) is 20.3 Å². The van der Waals surface area contributed by atoms with Gasteiger partial charge in [0.2, 0.25) is 0 Å². The number of rotatable bonds is 3. The number of Topliss-reactive ketones (excluding diaryl/α,β-unsaturated/α-hetero) is 1. The second-order valence-electron chi connectivity index (χ2n) is 3.51. The van der Waals surface area contributed by atoms with Crippen LogP contribution in [0.3, 0.4) is 0 Å². The van der Waals surface area contributed by atoms with Crippen LogP contribution in [0.5, 0.6) is 0 Å². The lowest BCUT2D eigenvalue weighted by Crippen LogP contribution is -2.38. The molecule has 0 aromatic rings. The molecular formula is C10H19NO. The Kier molecular flexibility index (Phi) is 3.73. The van der Waals surface area contributed by atoms with Crippen LogP contribution in [0.1, 0.15) is 39.5 Å². The second-order valence-corrected chi connectivity index (χ2v) is 3.51. The summed E-state index contributed by atoms with van der Waals surface area (Å²) in [7, 11) is 0. The van der Waals surface area contributed by atoms with Crippen molar-refractivity contribution in [3.05, 3.63) is 0 Å². The number of ketones is 1. The van der Waals surface area contributed by atoms with Crippen molar-refractivity contribution >= 4 is 5.78 Å². The molecule has 0 aromatic heterocycles. The molecule has 0 amide bonds. The van der Waals surface area contributed by atoms with E-state index in [4.69, 9.17) is 0 Å². The summed E-state index contributed by atoms with van der Waals surface area (Å²) in [6.07, 6.45) is 3.92. The molecule has 1 fully saturated rings. The zero-order valence-electron chi connectivity index (χ0n) is 8.18. The molecule has 2 nitrogen and oxygen atoms in total. The summed E-state index contributed by atoms with van der Waals surface area (Å²) in [5, 5.41) is 0. The number of nitrogens with zero attached hydrogens (tertiary/aromatic N) is 1. The van der Waals surface area contributed by atoms with Crippen molar-refractivity contribution in [3.63, 3.8) is 0 Å². The van der Waals surface area contributed by atoms with Gasteiger partial charge in [0.25, 0.3) is 0 Å². The zero-order valence-corrected chi connectivity index (χ0v) is 8.18. The van der Waals surface area contributed by atoms with E-state index in [1.54, 1.807) is 0 Å². The van der Waals surface area contributed by atoms with Crippen molar-refractivity contribution < 1.29 is 4.79 Å². The van der Waals surface area contributed by atoms with Gasteiger partial charge in [0.1, 0.15) is 5.78 Å². The number of carbonyl (C=O) groups is 1. The van der Waals surface area contributed by atoms with Gasteiger partial charge in [-0.2, -0.15) is 0 Å². The molecule has 0 spiro atoms. The van der Waals surface area contributed by atoms with Crippen LogP contribution in [0, 0.1) is 0 Å². The molecule has 1 atom stereocenters. The fourth-order valence-corrected chi connectivity index (χ4v) is 2.05. The van der Waals surface area contributed by atoms with Crippen LogP contribution in [0.4, 0.5) is 0 Å². The van der Waals surface area contributed by atoms with Crippen LogP contribution < -0.4 is 0 Å². The number of hydrogen-bond acceptors (Lipinski definition) is 2. The van der Waals surface area contributed by atoms with E-state index < -0.39 is 0 Å². The van der Waals surface area contributed by atoms with E-state index in [-0.39, 0.29) is 0 Å². The van der Waals surface area contributed by atoms with Crippen molar-refractivity contribution in [1.82, 2.24) is 4.90 Å². The van der Waals surface area contributed by atoms with Crippen LogP contribution in [0.15, 0.2) is 0 Å². The molecule has 1 aliphatic rings. The Morgan fingerprint density at radius 1 is 1.42 bits per heavy atom. The lowest BCUT2D eigenvalue weighted by molar-refractivity contribution is -0.121. The molecule has 1 rings (SSSR count). The highest BCUT2D eigenvalue weighted by atomic mass is 16.1. The zero-order chi connectivity index (χ0) is 8.97. The minimum Gasteiger partial charge on any atom is -0.300 e. The Balaban J connectivity index is 2.43. The quantitative estimate of drug-likeness (QED) is 0.642. The van der Waals surface area contributed by atoms with Crippen LogP contribution in [-0.4, -0.2) is 29.8 Å². The van der Waals surface area contributed by atoms with Crippen LogP contribution in [0.25, 0.3) is 0 Å². The lowest BCUT2D eigenvalue weighted by Gasteiger charge is -2.31. The Hall–Kier alpha value is -0.370. The van der Waals surface area contributed by atoms with Crippen LogP contribution >= 0.6 is 0 Å². The van der Waals surface area contributed by atoms with Crippen LogP contribution in [0.2, 0.25) is 0 Å². The molecule has 0 heterocycles. The van der Waals surface area contributed by atoms with Gasteiger partial charge in [-0.1, -0.05) is 13.8 Å². The fraction of sp³-hybridized carbons (Fsp3) is 0.900. The third-order valence-electron chi connectivity index (χ3n) is 2.79. The smallest absolute Gasteiger partial charge is 0.134 e. The molecule has 0 aromatic carbocycles. The van der Waals surface area contributed by atoms with E-state index in [1.807, 2.05) is 0 Å². The Morgan fingerprint density at radius 3 is 2.58 bits per heavy atom. The summed E-state index contributed by atoms with van der Waals surface area (Å²) in [6.45, 7) is 6.49. The summed E-state index contributed by atoms with van der Waals surface area (Å²) in [6, 6.07) is 0.543. The van der Waals surface area contributed by atoms with Gasteiger partial charge in [-0.15, -0.1) is 0 Å². The third-order valence-corrected chi connectivity index (χ3v) is 2.79. The molecule has 0 saturated heterocycles. The summed E-state index contributed by atoms with van der Waals surface area (Å²) in [5.74, 6) is 0.457. The summed E-state index contributed by atoms with van der Waals surface area (Å²) >= 11 is 0. The Bertz CT molecular complexity index is 152. The average Bonchev–Trinajstić information content (AvgIpc) is 2.07. The van der Waals surface area contributed by atoms with E-state index in [9.17, 15) is 4.79 Å². The molecule has 0 N–H and O–H groups in total. The summed E-state index contributed by atoms with van der Waals surface area (Å²) in [5.41, 5.74) is 0. The molecule has 0 aliphatic heterocycles. The predicted molar refractivity (Wildman–Crippen MR) is 50.2 cm³/mol. The van der Waals surface area contributed by atoms with Crippen molar-refractivity contribution in [2.75, 3.05) is 13.1 Å². The van der Waals surface area contributed by atoms with Gasteiger partial charge in [0.15, 0.2) is 0 Å². The van der Waals surface area contributed by atoms with E-state index in [0.717, 1.165) is 32.4 Å². The fourth-order valence-electron chi connectivity index (χ4n) is 2.05. The predicted octanol–water partition coefficient (Wildman–Crippen LogP) is 1.84. The average molecular weight is 169 g/mol. The van der Waals surface area contributed by atoms with Gasteiger partial charge in [-0.05, 0) is 25.9 Å². The number of carbonyl (C=O) groups excluding carboxylic acids is 1. The van der Waals surface area contributed by atoms with Crippen molar-refractivity contribution in [2.24, 2.45) is 0 Å². The molecule has 70 valence electrons. The normalized spacial score (nSPS) is 24.9. The first kappa shape index (κ1) is 9.72. The monoisotopic (exact) mass is 169 g/mol. The highest BCUT2D eigenvalue weighted by molar-refractivity contribution is 5.79. The minimum atomic E-state index is 0.457. The van der Waals surface area contributed by atoms with E-state index in [1.165, 1.54) is 6.42 Å². The van der Waals surface area contributed by atoms with Gasteiger partial charge in [-0.3, -0.25) is 4.79 Å². The van der Waals surface area contributed by atoms with E-state index in [2.05, 4.69) is 18.7 Å². The van der Waals surface area contributed by atoms with Gasteiger partial charge in [-0.25, -0.2) is 0 Å². The highest BCUT2D eigenvalue weighted by Crippen LogP contribution is 2.19. The standard InChI is InChI=1S/C10H19NO/c1-3-11(4-2)9-6-5-7-10(12)8-9/h9H,3-8H2,1-2H3. The van der Waals surface area contributed by atoms with Gasteiger partial charge >= 0.3 is 0 Å². The molecule has 0 bridgehead atoms. The molecule has 1 saturated carbocycles. The maximum Gasteiger partial charge on any atom is 0.134 e. The first-order chi connectivity index (χ1) is 5.77. The molecule has 12 heavy (non-hydrogen) atoms. The summed E-state index contributed by atoms with van der Waals surface area (Å²) < 4.78 is 0. The maximum absolute atomic E-state index is 11.2. The van der Waals surface area contributed by atoms with Crippen LogP contribution in [-0.2, 0) is 4.79 Å². The van der Waals surface area contributed by atoms with Crippen molar-refractivity contribution in [3.8, 4) is 0 Å². The SMILES string of the molecule is CCN(CC)C1CCCC(=O)C1. The molecule has 1 aliphatic carbocycles. The number of hydrogen-bond donors (Lipinski definition) is 0. The molecule has 1 unspecified atom stereocenters. The van der Waals surface area contributed by atoms with Gasteiger partial charge in [0.05, 0.1) is 0 Å². The third kappa shape index (κ3) is 2.31. The molecular weight excluding hydrogens is 150 g/mol. The van der Waals surface area contributed by atoms with Gasteiger partial charge in [0, 0.05) is 18.9 Å². The van der Waals surface area contributed by atoms with Crippen molar-refractivity contribution in [2.45, 2.75) is 45.6 Å². The first-order valence-corrected chi connectivity index (χ1v) is 5.03. The van der Waals surface area contributed by atoms with Crippen molar-refractivity contribution in [1.29, 1.82) is 0 Å².